The van der Waals surface area contributed by atoms with Crippen molar-refractivity contribution < 1.29 is 23.1 Å². The number of ether oxygens (including phenoxy) is 1. The van der Waals surface area contributed by atoms with Crippen LogP contribution in [0.15, 0.2) is 18.2 Å². The molecule has 1 amide bonds. The lowest BCUT2D eigenvalue weighted by Gasteiger charge is -2.18. The van der Waals surface area contributed by atoms with E-state index in [2.05, 4.69) is 15.4 Å². The Balaban J connectivity index is 2.63. The predicted octanol–water partition coefficient (Wildman–Crippen LogP) is 1.44. The molecule has 0 aliphatic carbocycles. The minimum absolute atomic E-state index is 0.135. The van der Waals surface area contributed by atoms with Crippen LogP contribution in [0.2, 0.25) is 0 Å². The molecule has 7 heteroatoms. The molecule has 1 rings (SSSR count). The summed E-state index contributed by atoms with van der Waals surface area (Å²) in [7, 11) is 1.21. The summed E-state index contributed by atoms with van der Waals surface area (Å²) < 4.78 is 30.5. The summed E-state index contributed by atoms with van der Waals surface area (Å²) in [6.45, 7) is 2.97. The van der Waals surface area contributed by atoms with E-state index in [0.29, 0.717) is 0 Å². The minimum atomic E-state index is -0.805. The molecule has 0 radical (unpaired) electrons. The summed E-state index contributed by atoms with van der Waals surface area (Å²) in [5, 5.41) is 5.06. The number of anilines is 1. The molecule has 0 fully saturated rings. The monoisotopic (exact) mass is 286 g/mol. The highest BCUT2D eigenvalue weighted by molar-refractivity contribution is 5.88. The molecule has 2 unspecified atom stereocenters. The Morgan fingerprint density at radius 1 is 1.10 bits per heavy atom. The Bertz CT molecular complexity index is 488. The first-order chi connectivity index (χ1) is 9.33. The van der Waals surface area contributed by atoms with Gasteiger partial charge >= 0.3 is 5.97 Å². The van der Waals surface area contributed by atoms with Gasteiger partial charge in [-0.2, -0.15) is 0 Å². The maximum absolute atomic E-state index is 13.0. The number of hydrogen-bond acceptors (Lipinski definition) is 4. The lowest BCUT2D eigenvalue weighted by atomic mass is 10.2. The summed E-state index contributed by atoms with van der Waals surface area (Å²) in [6, 6.07) is 1.28. The van der Waals surface area contributed by atoms with Gasteiger partial charge in [0.1, 0.15) is 23.7 Å². The molecule has 0 aliphatic rings. The summed E-state index contributed by atoms with van der Waals surface area (Å²) in [5.41, 5.74) is 0.135. The first kappa shape index (κ1) is 15.9. The number of nitrogens with one attached hydrogen (secondary N) is 2. The molecule has 0 spiro atoms. The molecule has 0 saturated heterocycles. The number of carbonyl (C=O) groups is 2. The molecule has 2 atom stereocenters. The topological polar surface area (TPSA) is 67.4 Å². The molecule has 110 valence electrons. The van der Waals surface area contributed by atoms with Crippen molar-refractivity contribution in [1.82, 2.24) is 5.32 Å². The molecular formula is C13H16F2N2O3. The second-order valence-corrected chi connectivity index (χ2v) is 4.28. The van der Waals surface area contributed by atoms with Crippen LogP contribution in [0.3, 0.4) is 0 Å². The molecule has 0 saturated carbocycles. The molecular weight excluding hydrogens is 270 g/mol. The van der Waals surface area contributed by atoms with E-state index in [0.717, 1.165) is 18.2 Å². The van der Waals surface area contributed by atoms with E-state index in [4.69, 9.17) is 0 Å². The van der Waals surface area contributed by atoms with E-state index < -0.39 is 35.6 Å². The van der Waals surface area contributed by atoms with Crippen LogP contribution in [0.4, 0.5) is 14.5 Å². The van der Waals surface area contributed by atoms with E-state index >= 15 is 0 Å². The summed E-state index contributed by atoms with van der Waals surface area (Å²) in [4.78, 5) is 22.9. The molecule has 0 aliphatic heterocycles. The highest BCUT2D eigenvalue weighted by Gasteiger charge is 2.20. The maximum Gasteiger partial charge on any atom is 0.328 e. The summed E-state index contributed by atoms with van der Waals surface area (Å²) in [6.07, 6.45) is 0. The number of benzene rings is 1. The zero-order valence-electron chi connectivity index (χ0n) is 11.4. The standard InChI is InChI=1S/C13H16F2N2O3/c1-7(12(18)17-8(2)13(19)20-3)16-11-5-9(14)4-10(15)6-11/h4-8,16H,1-3H3,(H,17,18). The Kier molecular flexibility index (Phi) is 5.42. The molecule has 0 aromatic heterocycles. The summed E-state index contributed by atoms with van der Waals surface area (Å²) in [5.74, 6) is -2.57. The second-order valence-electron chi connectivity index (χ2n) is 4.28. The van der Waals surface area contributed by atoms with Gasteiger partial charge in [0.05, 0.1) is 7.11 Å². The van der Waals surface area contributed by atoms with Crippen molar-refractivity contribution in [1.29, 1.82) is 0 Å². The molecule has 0 heterocycles. The van der Waals surface area contributed by atoms with Crippen LogP contribution in [-0.4, -0.2) is 31.1 Å². The van der Waals surface area contributed by atoms with Gasteiger partial charge in [-0.15, -0.1) is 0 Å². The van der Waals surface area contributed by atoms with Gasteiger partial charge in [0.25, 0.3) is 0 Å². The third kappa shape index (κ3) is 4.49. The van der Waals surface area contributed by atoms with Gasteiger partial charge in [-0.1, -0.05) is 0 Å². The number of methoxy groups -OCH3 is 1. The average molecular weight is 286 g/mol. The van der Waals surface area contributed by atoms with Crippen LogP contribution < -0.4 is 10.6 Å². The SMILES string of the molecule is COC(=O)C(C)NC(=O)C(C)Nc1cc(F)cc(F)c1. The molecule has 1 aromatic carbocycles. The fourth-order valence-corrected chi connectivity index (χ4v) is 1.53. The van der Waals surface area contributed by atoms with Crippen LogP contribution in [0.25, 0.3) is 0 Å². The molecule has 1 aromatic rings. The lowest BCUT2D eigenvalue weighted by Crippen LogP contribution is -2.45. The first-order valence-electron chi connectivity index (χ1n) is 5.94. The number of carbonyl (C=O) groups excluding carboxylic acids is 2. The van der Waals surface area contributed by atoms with Crippen LogP contribution >= 0.6 is 0 Å². The number of rotatable bonds is 5. The summed E-state index contributed by atoms with van der Waals surface area (Å²) >= 11 is 0. The number of amides is 1. The maximum atomic E-state index is 13.0. The van der Waals surface area contributed by atoms with Crippen molar-refractivity contribution in [3.63, 3.8) is 0 Å². The smallest absolute Gasteiger partial charge is 0.328 e. The lowest BCUT2D eigenvalue weighted by molar-refractivity contribution is -0.144. The van der Waals surface area contributed by atoms with Gasteiger partial charge in [-0.3, -0.25) is 4.79 Å². The van der Waals surface area contributed by atoms with Crippen molar-refractivity contribution >= 4 is 17.6 Å². The van der Waals surface area contributed by atoms with E-state index in [1.165, 1.54) is 21.0 Å². The van der Waals surface area contributed by atoms with Gasteiger partial charge in [0, 0.05) is 11.8 Å². The highest BCUT2D eigenvalue weighted by Crippen LogP contribution is 2.13. The zero-order chi connectivity index (χ0) is 15.3. The van der Waals surface area contributed by atoms with E-state index in [-0.39, 0.29) is 5.69 Å². The van der Waals surface area contributed by atoms with Crippen LogP contribution in [0, 0.1) is 11.6 Å². The van der Waals surface area contributed by atoms with Gasteiger partial charge in [0.2, 0.25) is 5.91 Å². The van der Waals surface area contributed by atoms with Gasteiger partial charge in [0.15, 0.2) is 0 Å². The van der Waals surface area contributed by atoms with Crippen molar-refractivity contribution in [2.24, 2.45) is 0 Å². The zero-order valence-corrected chi connectivity index (χ0v) is 11.4. The molecule has 5 nitrogen and oxygen atoms in total. The molecule has 2 N–H and O–H groups in total. The van der Waals surface area contributed by atoms with E-state index in [9.17, 15) is 18.4 Å². The minimum Gasteiger partial charge on any atom is -0.467 e. The normalized spacial score (nSPS) is 13.2. The molecule has 20 heavy (non-hydrogen) atoms. The van der Waals surface area contributed by atoms with E-state index in [1.807, 2.05) is 0 Å². The van der Waals surface area contributed by atoms with Crippen molar-refractivity contribution in [2.45, 2.75) is 25.9 Å². The number of esters is 1. The van der Waals surface area contributed by atoms with E-state index in [1.54, 1.807) is 0 Å². The van der Waals surface area contributed by atoms with Crippen LogP contribution in [0.5, 0.6) is 0 Å². The Labute approximate surface area is 115 Å². The van der Waals surface area contributed by atoms with Gasteiger partial charge in [-0.05, 0) is 26.0 Å². The number of hydrogen-bond donors (Lipinski definition) is 2. The first-order valence-corrected chi connectivity index (χ1v) is 5.94. The third-order valence-electron chi connectivity index (χ3n) is 2.55. The quantitative estimate of drug-likeness (QED) is 0.804. The van der Waals surface area contributed by atoms with Gasteiger partial charge in [-0.25, -0.2) is 13.6 Å². The largest absolute Gasteiger partial charge is 0.467 e. The van der Waals surface area contributed by atoms with Crippen LogP contribution in [0.1, 0.15) is 13.8 Å². The van der Waals surface area contributed by atoms with Crippen molar-refractivity contribution in [3.05, 3.63) is 29.8 Å². The average Bonchev–Trinajstić information content (AvgIpc) is 2.36. The Hall–Kier alpha value is -2.18. The second kappa shape index (κ2) is 6.83. The highest BCUT2D eigenvalue weighted by atomic mass is 19.1. The van der Waals surface area contributed by atoms with Crippen molar-refractivity contribution in [3.8, 4) is 0 Å². The fraction of sp³-hybridized carbons (Fsp3) is 0.385. The number of halogens is 2. The Morgan fingerprint density at radius 3 is 2.15 bits per heavy atom. The third-order valence-corrected chi connectivity index (χ3v) is 2.55. The van der Waals surface area contributed by atoms with Crippen molar-refractivity contribution in [2.75, 3.05) is 12.4 Å². The molecule has 0 bridgehead atoms. The fourth-order valence-electron chi connectivity index (χ4n) is 1.53. The Morgan fingerprint density at radius 2 is 1.65 bits per heavy atom. The van der Waals surface area contributed by atoms with Gasteiger partial charge < -0.3 is 15.4 Å². The van der Waals surface area contributed by atoms with Crippen LogP contribution in [-0.2, 0) is 14.3 Å². The predicted molar refractivity (Wildman–Crippen MR) is 69.1 cm³/mol.